The van der Waals surface area contributed by atoms with Crippen LogP contribution in [0.25, 0.3) is 0 Å². The molecule has 0 fully saturated rings. The highest BCUT2D eigenvalue weighted by atomic mass is 16.1. The molecule has 0 aliphatic rings. The van der Waals surface area contributed by atoms with Crippen LogP contribution in [-0.4, -0.2) is 38.0 Å². The molecule has 4 nitrogen and oxygen atoms in total. The molecule has 0 bridgehead atoms. The van der Waals surface area contributed by atoms with Crippen LogP contribution >= 0.6 is 0 Å². The van der Waals surface area contributed by atoms with Gasteiger partial charge in [-0.15, -0.1) is 0 Å². The molecule has 0 unspecified atom stereocenters. The highest BCUT2D eigenvalue weighted by molar-refractivity contribution is 5.90. The number of carbonyl (C=O) groups excluding carboxylic acids is 1. The third-order valence-corrected chi connectivity index (χ3v) is 2.60. The van der Waals surface area contributed by atoms with E-state index in [1.165, 1.54) is 0 Å². The quantitative estimate of drug-likeness (QED) is 0.729. The summed E-state index contributed by atoms with van der Waals surface area (Å²) in [6.07, 6.45) is 1.62. The maximum Gasteiger partial charge on any atom is 0.224 e. The van der Waals surface area contributed by atoms with Gasteiger partial charge in [0.05, 0.1) is 0 Å². The lowest BCUT2D eigenvalue weighted by atomic mass is 10.2. The van der Waals surface area contributed by atoms with Crippen molar-refractivity contribution in [3.63, 3.8) is 0 Å². The van der Waals surface area contributed by atoms with E-state index < -0.39 is 0 Å². The lowest BCUT2D eigenvalue weighted by Crippen LogP contribution is -2.16. The van der Waals surface area contributed by atoms with Crippen LogP contribution < -0.4 is 10.6 Å². The highest BCUT2D eigenvalue weighted by Gasteiger charge is 1.98. The van der Waals surface area contributed by atoms with Crippen molar-refractivity contribution < 1.29 is 4.79 Å². The Balaban J connectivity index is 2.33. The van der Waals surface area contributed by atoms with Crippen molar-refractivity contribution in [2.45, 2.75) is 19.8 Å². The average molecular weight is 249 g/mol. The number of rotatable bonds is 7. The first-order chi connectivity index (χ1) is 8.61. The normalized spacial score (nSPS) is 10.4. The van der Waals surface area contributed by atoms with Crippen LogP contribution in [0.1, 0.15) is 19.8 Å². The molecular weight excluding hydrogens is 226 g/mol. The van der Waals surface area contributed by atoms with Crippen molar-refractivity contribution >= 4 is 17.3 Å². The maximum absolute atomic E-state index is 11.2. The van der Waals surface area contributed by atoms with Gasteiger partial charge in [0.15, 0.2) is 0 Å². The van der Waals surface area contributed by atoms with E-state index in [0.717, 1.165) is 30.9 Å². The van der Waals surface area contributed by atoms with Crippen LogP contribution in [0.3, 0.4) is 0 Å². The molecule has 100 valence electrons. The Morgan fingerprint density at radius 2 is 1.78 bits per heavy atom. The van der Waals surface area contributed by atoms with Gasteiger partial charge >= 0.3 is 0 Å². The van der Waals surface area contributed by atoms with Crippen molar-refractivity contribution in [3.8, 4) is 0 Å². The predicted octanol–water partition coefficient (Wildman–Crippen LogP) is 2.40. The molecule has 0 atom stereocenters. The zero-order valence-corrected chi connectivity index (χ0v) is 11.5. The molecule has 0 saturated heterocycles. The number of nitrogens with zero attached hydrogens (tertiary/aromatic N) is 1. The van der Waals surface area contributed by atoms with Crippen LogP contribution in [0, 0.1) is 0 Å². The van der Waals surface area contributed by atoms with Crippen LogP contribution in [0.15, 0.2) is 24.3 Å². The minimum atomic E-state index is 0.0432. The van der Waals surface area contributed by atoms with Gasteiger partial charge in [-0.3, -0.25) is 4.79 Å². The van der Waals surface area contributed by atoms with Crippen molar-refractivity contribution in [2.24, 2.45) is 0 Å². The van der Waals surface area contributed by atoms with Crippen molar-refractivity contribution in [1.29, 1.82) is 0 Å². The number of nitrogens with one attached hydrogen (secondary N) is 2. The molecule has 0 aliphatic carbocycles. The average Bonchev–Trinajstić information content (AvgIpc) is 2.36. The fraction of sp³-hybridized carbons (Fsp3) is 0.500. The minimum Gasteiger partial charge on any atom is -0.385 e. The highest BCUT2D eigenvalue weighted by Crippen LogP contribution is 2.13. The third kappa shape index (κ3) is 5.68. The zero-order chi connectivity index (χ0) is 13.4. The summed E-state index contributed by atoms with van der Waals surface area (Å²) in [4.78, 5) is 13.4. The number of benzene rings is 1. The van der Waals surface area contributed by atoms with Crippen molar-refractivity contribution in [2.75, 3.05) is 37.8 Å². The van der Waals surface area contributed by atoms with Crippen LogP contribution in [0.4, 0.5) is 11.4 Å². The summed E-state index contributed by atoms with van der Waals surface area (Å²) in [6, 6.07) is 7.81. The van der Waals surface area contributed by atoms with E-state index >= 15 is 0 Å². The van der Waals surface area contributed by atoms with Gasteiger partial charge in [-0.1, -0.05) is 6.92 Å². The molecule has 18 heavy (non-hydrogen) atoms. The van der Waals surface area contributed by atoms with Gasteiger partial charge in [0.2, 0.25) is 5.91 Å². The molecule has 1 rings (SSSR count). The Kier molecular flexibility index (Phi) is 6.22. The molecule has 0 spiro atoms. The summed E-state index contributed by atoms with van der Waals surface area (Å²) in [5.74, 6) is 0.0432. The lowest BCUT2D eigenvalue weighted by molar-refractivity contribution is -0.115. The Morgan fingerprint density at radius 1 is 1.17 bits per heavy atom. The topological polar surface area (TPSA) is 44.4 Å². The van der Waals surface area contributed by atoms with E-state index in [9.17, 15) is 4.79 Å². The Labute approximate surface area is 109 Å². The standard InChI is InChI=1S/C14H23N3O/c1-4-14(18)16-13-8-6-12(7-9-13)15-10-5-11-17(2)3/h6-9,15H,4-5,10-11H2,1-3H3,(H,16,18). The Morgan fingerprint density at radius 3 is 2.33 bits per heavy atom. The SMILES string of the molecule is CCC(=O)Nc1ccc(NCCCN(C)C)cc1. The first kappa shape index (κ1) is 14.5. The number of hydrogen-bond donors (Lipinski definition) is 2. The second-order valence-corrected chi connectivity index (χ2v) is 4.56. The van der Waals surface area contributed by atoms with E-state index in [-0.39, 0.29) is 5.91 Å². The van der Waals surface area contributed by atoms with E-state index in [1.807, 2.05) is 31.2 Å². The largest absolute Gasteiger partial charge is 0.385 e. The summed E-state index contributed by atoms with van der Waals surface area (Å²) in [5.41, 5.74) is 1.93. The molecule has 1 aromatic carbocycles. The van der Waals surface area contributed by atoms with Crippen molar-refractivity contribution in [3.05, 3.63) is 24.3 Å². The number of hydrogen-bond acceptors (Lipinski definition) is 3. The van der Waals surface area contributed by atoms with Gasteiger partial charge in [0, 0.05) is 24.3 Å². The zero-order valence-electron chi connectivity index (χ0n) is 11.5. The smallest absolute Gasteiger partial charge is 0.224 e. The first-order valence-electron chi connectivity index (χ1n) is 6.40. The van der Waals surface area contributed by atoms with Crippen LogP contribution in [0.2, 0.25) is 0 Å². The molecule has 0 heterocycles. The number of anilines is 2. The van der Waals surface area contributed by atoms with Gasteiger partial charge < -0.3 is 15.5 Å². The van der Waals surface area contributed by atoms with Crippen LogP contribution in [-0.2, 0) is 4.79 Å². The Bertz CT molecular complexity index is 360. The maximum atomic E-state index is 11.2. The monoisotopic (exact) mass is 249 g/mol. The molecule has 0 aliphatic heterocycles. The lowest BCUT2D eigenvalue weighted by Gasteiger charge is -2.11. The van der Waals surface area contributed by atoms with E-state index in [2.05, 4.69) is 29.6 Å². The molecule has 0 aromatic heterocycles. The van der Waals surface area contributed by atoms with Crippen molar-refractivity contribution in [1.82, 2.24) is 4.90 Å². The fourth-order valence-electron chi connectivity index (χ4n) is 1.55. The third-order valence-electron chi connectivity index (χ3n) is 2.60. The van der Waals surface area contributed by atoms with Gasteiger partial charge in [-0.05, 0) is 51.3 Å². The summed E-state index contributed by atoms with van der Waals surface area (Å²) < 4.78 is 0. The summed E-state index contributed by atoms with van der Waals surface area (Å²) in [5, 5.41) is 6.18. The molecule has 0 saturated carbocycles. The second kappa shape index (κ2) is 7.71. The predicted molar refractivity (Wildman–Crippen MR) is 77.0 cm³/mol. The summed E-state index contributed by atoms with van der Waals surface area (Å²) in [6.45, 7) is 3.88. The number of amides is 1. The van der Waals surface area contributed by atoms with E-state index in [1.54, 1.807) is 0 Å². The summed E-state index contributed by atoms with van der Waals surface area (Å²) in [7, 11) is 4.15. The molecule has 1 aromatic rings. The van der Waals surface area contributed by atoms with Gasteiger partial charge in [0.25, 0.3) is 0 Å². The molecular formula is C14H23N3O. The molecule has 1 amide bonds. The second-order valence-electron chi connectivity index (χ2n) is 4.56. The Hall–Kier alpha value is -1.55. The van der Waals surface area contributed by atoms with Gasteiger partial charge in [-0.25, -0.2) is 0 Å². The van der Waals surface area contributed by atoms with E-state index in [4.69, 9.17) is 0 Å². The van der Waals surface area contributed by atoms with Crippen LogP contribution in [0.5, 0.6) is 0 Å². The first-order valence-corrected chi connectivity index (χ1v) is 6.40. The molecule has 0 radical (unpaired) electrons. The van der Waals surface area contributed by atoms with Gasteiger partial charge in [-0.2, -0.15) is 0 Å². The van der Waals surface area contributed by atoms with E-state index in [0.29, 0.717) is 6.42 Å². The number of carbonyl (C=O) groups is 1. The van der Waals surface area contributed by atoms with Gasteiger partial charge in [0.1, 0.15) is 0 Å². The summed E-state index contributed by atoms with van der Waals surface area (Å²) >= 11 is 0. The minimum absolute atomic E-state index is 0.0432. The fourth-order valence-corrected chi connectivity index (χ4v) is 1.55. The molecule has 4 heteroatoms. The molecule has 2 N–H and O–H groups in total.